The lowest BCUT2D eigenvalue weighted by atomic mass is 9.73. The summed E-state index contributed by atoms with van der Waals surface area (Å²) >= 11 is 0. The van der Waals surface area contributed by atoms with E-state index in [4.69, 9.17) is 4.43 Å². The van der Waals surface area contributed by atoms with Gasteiger partial charge in [-0.25, -0.2) is 0 Å². The Bertz CT molecular complexity index is 714. The van der Waals surface area contributed by atoms with E-state index < -0.39 is 13.9 Å². The molecule has 3 aliphatic heterocycles. The van der Waals surface area contributed by atoms with Crippen molar-refractivity contribution in [3.05, 3.63) is 35.9 Å². The standard InChI is InChI=1S/C25H39NO2Si/c1-19(2)29(20(3)4,21(5)6)28-17-24-16-23-13-15-26(24)18-25(23,27)14-12-22-10-8-7-9-11-22/h7-11,19-21,23-24,27H,13,15-18H2,1-6H3/t23-,24+,25-/m0/s1. The second-order valence-electron chi connectivity index (χ2n) is 10.0. The lowest BCUT2D eigenvalue weighted by Gasteiger charge is -2.53. The van der Waals surface area contributed by atoms with Crippen LogP contribution in [-0.2, 0) is 4.43 Å². The summed E-state index contributed by atoms with van der Waals surface area (Å²) in [6.45, 7) is 16.6. The fourth-order valence-electron chi connectivity index (χ4n) is 5.94. The Balaban J connectivity index is 1.70. The van der Waals surface area contributed by atoms with Crippen molar-refractivity contribution in [3.8, 4) is 11.8 Å². The lowest BCUT2D eigenvalue weighted by Crippen LogP contribution is -2.64. The van der Waals surface area contributed by atoms with Crippen LogP contribution in [0.3, 0.4) is 0 Å². The summed E-state index contributed by atoms with van der Waals surface area (Å²) < 4.78 is 6.88. The zero-order chi connectivity index (χ0) is 21.2. The van der Waals surface area contributed by atoms with Gasteiger partial charge in [-0.1, -0.05) is 71.6 Å². The molecule has 0 aromatic heterocycles. The van der Waals surface area contributed by atoms with Crippen molar-refractivity contribution in [2.24, 2.45) is 5.92 Å². The molecule has 3 heterocycles. The highest BCUT2D eigenvalue weighted by Gasteiger charge is 2.50. The smallest absolute Gasteiger partial charge is 0.200 e. The van der Waals surface area contributed by atoms with Crippen LogP contribution >= 0.6 is 0 Å². The minimum absolute atomic E-state index is 0.241. The van der Waals surface area contributed by atoms with Crippen molar-refractivity contribution >= 4 is 8.32 Å². The van der Waals surface area contributed by atoms with Gasteiger partial charge in [-0.15, -0.1) is 0 Å². The number of aliphatic hydroxyl groups is 1. The first kappa shape index (κ1) is 22.6. The van der Waals surface area contributed by atoms with E-state index in [9.17, 15) is 5.11 Å². The molecule has 0 amide bonds. The van der Waals surface area contributed by atoms with Gasteiger partial charge in [0.25, 0.3) is 0 Å². The van der Waals surface area contributed by atoms with Crippen molar-refractivity contribution in [2.75, 3.05) is 19.7 Å². The minimum Gasteiger partial charge on any atom is -0.414 e. The van der Waals surface area contributed by atoms with Crippen LogP contribution in [-0.4, -0.2) is 49.7 Å². The normalized spacial score (nSPS) is 29.4. The number of nitrogens with zero attached hydrogens (tertiary/aromatic N) is 1. The van der Waals surface area contributed by atoms with E-state index >= 15 is 0 Å². The van der Waals surface area contributed by atoms with Crippen molar-refractivity contribution in [3.63, 3.8) is 0 Å². The Morgan fingerprint density at radius 1 is 1.10 bits per heavy atom. The Hall–Kier alpha value is -1.12. The molecule has 2 bridgehead atoms. The summed E-state index contributed by atoms with van der Waals surface area (Å²) in [5.41, 5.74) is 1.89. The van der Waals surface area contributed by atoms with Crippen LogP contribution in [0.2, 0.25) is 16.6 Å². The Kier molecular flexibility index (Phi) is 6.95. The number of benzene rings is 1. The van der Waals surface area contributed by atoms with Crippen molar-refractivity contribution < 1.29 is 9.53 Å². The summed E-state index contributed by atoms with van der Waals surface area (Å²) in [5.74, 6) is 6.67. The van der Waals surface area contributed by atoms with Crippen molar-refractivity contribution in [1.82, 2.24) is 4.90 Å². The molecule has 3 saturated heterocycles. The molecule has 1 unspecified atom stereocenters. The maximum atomic E-state index is 11.3. The molecule has 1 aromatic rings. The molecule has 4 rings (SSSR count). The summed E-state index contributed by atoms with van der Waals surface area (Å²) in [6, 6.07) is 10.4. The molecule has 0 saturated carbocycles. The summed E-state index contributed by atoms with van der Waals surface area (Å²) in [7, 11) is -1.85. The van der Waals surface area contributed by atoms with Gasteiger partial charge in [0.1, 0.15) is 5.60 Å². The fraction of sp³-hybridized carbons (Fsp3) is 0.680. The zero-order valence-electron chi connectivity index (χ0n) is 19.1. The molecule has 160 valence electrons. The monoisotopic (exact) mass is 413 g/mol. The number of fused-ring (bicyclic) bond motifs is 3. The van der Waals surface area contributed by atoms with Crippen LogP contribution in [0.1, 0.15) is 59.9 Å². The van der Waals surface area contributed by atoms with E-state index in [0.29, 0.717) is 29.2 Å². The van der Waals surface area contributed by atoms with Gasteiger partial charge in [-0.2, -0.15) is 0 Å². The highest BCUT2D eigenvalue weighted by atomic mass is 28.4. The largest absolute Gasteiger partial charge is 0.414 e. The van der Waals surface area contributed by atoms with Gasteiger partial charge >= 0.3 is 0 Å². The maximum Gasteiger partial charge on any atom is 0.200 e. The van der Waals surface area contributed by atoms with Crippen LogP contribution in [0, 0.1) is 17.8 Å². The predicted octanol–water partition coefficient (Wildman–Crippen LogP) is 5.06. The average Bonchev–Trinajstić information content (AvgIpc) is 2.68. The number of hydrogen-bond donors (Lipinski definition) is 1. The maximum absolute atomic E-state index is 11.3. The summed E-state index contributed by atoms with van der Waals surface area (Å²) in [4.78, 5) is 2.43. The molecule has 0 radical (unpaired) electrons. The third-order valence-corrected chi connectivity index (χ3v) is 13.5. The molecule has 0 aliphatic carbocycles. The average molecular weight is 414 g/mol. The van der Waals surface area contributed by atoms with E-state index in [1.807, 2.05) is 30.3 Å². The lowest BCUT2D eigenvalue weighted by molar-refractivity contribution is -0.105. The SMILES string of the molecule is CC(C)[Si](OC[C@H]1C[C@@H]2CCN1C[C@@]2(O)C#Cc1ccccc1)(C(C)C)C(C)C. The van der Waals surface area contributed by atoms with Crippen LogP contribution in [0.15, 0.2) is 30.3 Å². The van der Waals surface area contributed by atoms with E-state index in [0.717, 1.165) is 31.6 Å². The molecule has 1 aromatic carbocycles. The number of rotatable bonds is 6. The Morgan fingerprint density at radius 3 is 2.24 bits per heavy atom. The Morgan fingerprint density at radius 2 is 1.72 bits per heavy atom. The van der Waals surface area contributed by atoms with Gasteiger partial charge in [0.05, 0.1) is 0 Å². The first-order chi connectivity index (χ1) is 13.7. The molecular formula is C25H39NO2Si. The minimum atomic E-state index is -1.85. The second kappa shape index (κ2) is 8.94. The van der Waals surface area contributed by atoms with Crippen molar-refractivity contribution in [1.29, 1.82) is 0 Å². The van der Waals surface area contributed by atoms with Crippen molar-refractivity contribution in [2.45, 2.75) is 82.7 Å². The first-order valence-electron chi connectivity index (χ1n) is 11.4. The predicted molar refractivity (Wildman–Crippen MR) is 123 cm³/mol. The van der Waals surface area contributed by atoms with E-state index in [2.05, 4.69) is 58.3 Å². The molecule has 3 fully saturated rings. The highest BCUT2D eigenvalue weighted by molar-refractivity contribution is 6.77. The third-order valence-electron chi connectivity index (χ3n) is 7.39. The molecule has 3 nitrogen and oxygen atoms in total. The molecule has 29 heavy (non-hydrogen) atoms. The molecule has 0 spiro atoms. The van der Waals surface area contributed by atoms with Crippen LogP contribution in [0.25, 0.3) is 0 Å². The quantitative estimate of drug-likeness (QED) is 0.523. The molecule has 4 heteroatoms. The first-order valence-corrected chi connectivity index (χ1v) is 13.5. The molecule has 4 atom stereocenters. The molecular weight excluding hydrogens is 374 g/mol. The summed E-state index contributed by atoms with van der Waals surface area (Å²) in [6.07, 6.45) is 2.01. The van der Waals surface area contributed by atoms with Gasteiger partial charge in [0.2, 0.25) is 0 Å². The fourth-order valence-corrected chi connectivity index (χ4v) is 11.4. The molecule has 3 aliphatic rings. The Labute approximate surface area is 179 Å². The number of hydrogen-bond acceptors (Lipinski definition) is 3. The zero-order valence-corrected chi connectivity index (χ0v) is 20.1. The van der Waals surface area contributed by atoms with Gasteiger partial charge in [-0.05, 0) is 48.1 Å². The second-order valence-corrected chi connectivity index (χ2v) is 15.5. The van der Waals surface area contributed by atoms with Gasteiger partial charge in [-0.3, -0.25) is 4.90 Å². The van der Waals surface area contributed by atoms with E-state index in [1.54, 1.807) is 0 Å². The third kappa shape index (κ3) is 4.49. The number of piperidine rings is 3. The van der Waals surface area contributed by atoms with E-state index in [1.165, 1.54) is 0 Å². The van der Waals surface area contributed by atoms with Crippen LogP contribution in [0.5, 0.6) is 0 Å². The van der Waals surface area contributed by atoms with Gasteiger partial charge in [0, 0.05) is 30.7 Å². The van der Waals surface area contributed by atoms with Crippen LogP contribution in [0.4, 0.5) is 0 Å². The molecule has 1 N–H and O–H groups in total. The van der Waals surface area contributed by atoms with Gasteiger partial charge < -0.3 is 9.53 Å². The van der Waals surface area contributed by atoms with Crippen LogP contribution < -0.4 is 0 Å². The topological polar surface area (TPSA) is 32.7 Å². The van der Waals surface area contributed by atoms with Gasteiger partial charge in [0.15, 0.2) is 8.32 Å². The highest BCUT2D eigenvalue weighted by Crippen LogP contribution is 2.44. The van der Waals surface area contributed by atoms with E-state index in [-0.39, 0.29) is 5.92 Å². The summed E-state index contributed by atoms with van der Waals surface area (Å²) in [5, 5.41) is 11.3.